The Balaban J connectivity index is 3.29. The van der Waals surface area contributed by atoms with Crippen LogP contribution in [0.3, 0.4) is 0 Å². The summed E-state index contributed by atoms with van der Waals surface area (Å²) in [6.45, 7) is 5.66. The summed E-state index contributed by atoms with van der Waals surface area (Å²) < 4.78 is 0. The maximum Gasteiger partial charge on any atom is 0.335 e. The van der Waals surface area contributed by atoms with E-state index >= 15 is 0 Å². The summed E-state index contributed by atoms with van der Waals surface area (Å²) >= 11 is 0. The van der Waals surface area contributed by atoms with Gasteiger partial charge < -0.3 is 10.2 Å². The van der Waals surface area contributed by atoms with E-state index < -0.39 is 5.97 Å². The van der Waals surface area contributed by atoms with E-state index in [0.29, 0.717) is 11.1 Å². The summed E-state index contributed by atoms with van der Waals surface area (Å²) in [5.74, 6) is -0.590. The number of carboxylic acid groups (broad SMARTS) is 1. The first-order valence-corrected chi connectivity index (χ1v) is 5.04. The lowest BCUT2D eigenvalue weighted by Crippen LogP contribution is -2.03. The first-order chi connectivity index (χ1) is 6.97. The quantitative estimate of drug-likeness (QED) is 0.803. The molecule has 1 rings (SSSR count). The maximum absolute atomic E-state index is 10.9. The highest BCUT2D eigenvalue weighted by Gasteiger charge is 2.15. The Morgan fingerprint density at radius 3 is 2.53 bits per heavy atom. The van der Waals surface area contributed by atoms with Gasteiger partial charge in [-0.3, -0.25) is 0 Å². The van der Waals surface area contributed by atoms with E-state index in [9.17, 15) is 9.90 Å². The number of carbonyl (C=O) groups is 1. The molecule has 1 aromatic carbocycles. The molecular formula is C12H16O3. The lowest BCUT2D eigenvalue weighted by Gasteiger charge is -2.13. The highest BCUT2D eigenvalue weighted by molar-refractivity contribution is 5.90. The molecule has 3 nitrogen and oxygen atoms in total. The van der Waals surface area contributed by atoms with Gasteiger partial charge in [0.2, 0.25) is 0 Å². The zero-order chi connectivity index (χ0) is 11.6. The van der Waals surface area contributed by atoms with Crippen molar-refractivity contribution in [1.29, 1.82) is 0 Å². The monoisotopic (exact) mass is 208 g/mol. The normalized spacial score (nSPS) is 12.5. The van der Waals surface area contributed by atoms with Crippen LogP contribution in [0, 0.1) is 6.92 Å². The van der Waals surface area contributed by atoms with E-state index in [1.165, 1.54) is 6.07 Å². The van der Waals surface area contributed by atoms with Crippen LogP contribution in [0.5, 0.6) is 5.75 Å². The smallest absolute Gasteiger partial charge is 0.335 e. The number of aromatic carboxylic acids is 1. The van der Waals surface area contributed by atoms with Crippen molar-refractivity contribution in [3.05, 3.63) is 28.8 Å². The molecule has 1 atom stereocenters. The van der Waals surface area contributed by atoms with E-state index in [0.717, 1.165) is 6.42 Å². The van der Waals surface area contributed by atoms with Crippen LogP contribution in [0.1, 0.15) is 47.7 Å². The molecule has 3 heteroatoms. The lowest BCUT2D eigenvalue weighted by molar-refractivity contribution is 0.0696. The number of benzene rings is 1. The highest BCUT2D eigenvalue weighted by Crippen LogP contribution is 2.30. The van der Waals surface area contributed by atoms with Crippen LogP contribution in [-0.4, -0.2) is 16.2 Å². The van der Waals surface area contributed by atoms with Crippen molar-refractivity contribution in [2.24, 2.45) is 0 Å². The Labute approximate surface area is 89.4 Å². The average molecular weight is 208 g/mol. The van der Waals surface area contributed by atoms with Gasteiger partial charge in [-0.25, -0.2) is 4.79 Å². The predicted molar refractivity (Wildman–Crippen MR) is 58.5 cm³/mol. The molecule has 0 radical (unpaired) electrons. The molecule has 15 heavy (non-hydrogen) atoms. The first-order valence-electron chi connectivity index (χ1n) is 5.04. The van der Waals surface area contributed by atoms with E-state index in [1.54, 1.807) is 13.0 Å². The number of rotatable bonds is 3. The van der Waals surface area contributed by atoms with Gasteiger partial charge in [-0.15, -0.1) is 0 Å². The second-order valence-corrected chi connectivity index (χ2v) is 3.84. The lowest BCUT2D eigenvalue weighted by atomic mass is 9.94. The number of phenolic OH excluding ortho intramolecular Hbond substituents is 1. The second kappa shape index (κ2) is 4.34. The molecule has 0 bridgehead atoms. The zero-order valence-electron chi connectivity index (χ0n) is 9.24. The summed E-state index contributed by atoms with van der Waals surface area (Å²) in [7, 11) is 0. The van der Waals surface area contributed by atoms with E-state index in [1.807, 2.05) is 13.8 Å². The Bertz CT molecular complexity index is 383. The summed E-state index contributed by atoms with van der Waals surface area (Å²) in [4.78, 5) is 10.9. The van der Waals surface area contributed by atoms with Crippen LogP contribution in [0.15, 0.2) is 12.1 Å². The van der Waals surface area contributed by atoms with Crippen molar-refractivity contribution in [2.45, 2.75) is 33.1 Å². The molecule has 0 spiro atoms. The van der Waals surface area contributed by atoms with E-state index in [4.69, 9.17) is 5.11 Å². The third-order valence-electron chi connectivity index (χ3n) is 2.75. The van der Waals surface area contributed by atoms with Crippen LogP contribution in [0.2, 0.25) is 0 Å². The van der Waals surface area contributed by atoms with Crippen molar-refractivity contribution in [2.75, 3.05) is 0 Å². The van der Waals surface area contributed by atoms with Crippen LogP contribution < -0.4 is 0 Å². The van der Waals surface area contributed by atoms with Gasteiger partial charge in [0, 0.05) is 0 Å². The van der Waals surface area contributed by atoms with Crippen LogP contribution >= 0.6 is 0 Å². The van der Waals surface area contributed by atoms with Crippen LogP contribution in [-0.2, 0) is 0 Å². The number of carboxylic acids is 1. The van der Waals surface area contributed by atoms with Gasteiger partial charge in [0.25, 0.3) is 0 Å². The van der Waals surface area contributed by atoms with E-state index in [2.05, 4.69) is 0 Å². The van der Waals surface area contributed by atoms with Gasteiger partial charge in [0.1, 0.15) is 5.75 Å². The molecule has 0 aliphatic carbocycles. The Hall–Kier alpha value is -1.51. The molecule has 2 N–H and O–H groups in total. The maximum atomic E-state index is 10.9. The Kier molecular flexibility index (Phi) is 3.35. The largest absolute Gasteiger partial charge is 0.508 e. The van der Waals surface area contributed by atoms with E-state index in [-0.39, 0.29) is 17.2 Å². The van der Waals surface area contributed by atoms with Gasteiger partial charge in [0.05, 0.1) is 5.56 Å². The van der Waals surface area contributed by atoms with Crippen molar-refractivity contribution >= 4 is 5.97 Å². The Morgan fingerprint density at radius 1 is 1.47 bits per heavy atom. The predicted octanol–water partition coefficient (Wildman–Crippen LogP) is 2.91. The second-order valence-electron chi connectivity index (χ2n) is 3.84. The molecule has 1 unspecified atom stereocenters. The number of hydrogen-bond donors (Lipinski definition) is 2. The summed E-state index contributed by atoms with van der Waals surface area (Å²) in [5.41, 5.74) is 1.57. The minimum Gasteiger partial charge on any atom is -0.508 e. The van der Waals surface area contributed by atoms with Gasteiger partial charge in [-0.05, 0) is 42.5 Å². The van der Waals surface area contributed by atoms with Gasteiger partial charge in [0.15, 0.2) is 0 Å². The molecule has 82 valence electrons. The Morgan fingerprint density at radius 2 is 2.07 bits per heavy atom. The van der Waals surface area contributed by atoms with Gasteiger partial charge in [-0.2, -0.15) is 0 Å². The highest BCUT2D eigenvalue weighted by atomic mass is 16.4. The summed E-state index contributed by atoms with van der Waals surface area (Å²) in [5, 5.41) is 18.7. The molecule has 0 fully saturated rings. The fourth-order valence-corrected chi connectivity index (χ4v) is 1.55. The van der Waals surface area contributed by atoms with Crippen molar-refractivity contribution in [1.82, 2.24) is 0 Å². The number of phenols is 1. The fourth-order valence-electron chi connectivity index (χ4n) is 1.55. The summed E-state index contributed by atoms with van der Waals surface area (Å²) in [6.07, 6.45) is 0.871. The fraction of sp³-hybridized carbons (Fsp3) is 0.417. The minimum absolute atomic E-state index is 0.170. The standard InChI is InChI=1S/C12H16O3/c1-4-7(2)9-6-10(12(14)15)8(3)5-11(9)13/h5-7,13H,4H2,1-3H3,(H,14,15). The SMILES string of the molecule is CCC(C)c1cc(C(=O)O)c(C)cc1O. The molecule has 0 heterocycles. The molecule has 1 aromatic rings. The average Bonchev–Trinajstić information content (AvgIpc) is 2.16. The van der Waals surface area contributed by atoms with Crippen LogP contribution in [0.4, 0.5) is 0 Å². The van der Waals surface area contributed by atoms with Crippen molar-refractivity contribution in [3.63, 3.8) is 0 Å². The van der Waals surface area contributed by atoms with Crippen molar-refractivity contribution in [3.8, 4) is 5.75 Å². The number of aromatic hydroxyl groups is 1. The molecule has 0 amide bonds. The minimum atomic E-state index is -0.947. The molecule has 0 aliphatic heterocycles. The van der Waals surface area contributed by atoms with Gasteiger partial charge in [-0.1, -0.05) is 13.8 Å². The van der Waals surface area contributed by atoms with Gasteiger partial charge >= 0.3 is 5.97 Å². The third kappa shape index (κ3) is 2.29. The molecule has 0 aromatic heterocycles. The topological polar surface area (TPSA) is 57.5 Å². The molecule has 0 saturated heterocycles. The number of hydrogen-bond acceptors (Lipinski definition) is 2. The van der Waals surface area contributed by atoms with Crippen LogP contribution in [0.25, 0.3) is 0 Å². The summed E-state index contributed by atoms with van der Waals surface area (Å²) in [6, 6.07) is 3.09. The molecular weight excluding hydrogens is 192 g/mol. The first kappa shape index (κ1) is 11.6. The molecule has 0 aliphatic rings. The number of aryl methyl sites for hydroxylation is 1. The third-order valence-corrected chi connectivity index (χ3v) is 2.75. The molecule has 0 saturated carbocycles. The van der Waals surface area contributed by atoms with Crippen molar-refractivity contribution < 1.29 is 15.0 Å². The zero-order valence-corrected chi connectivity index (χ0v) is 9.24.